The van der Waals surface area contributed by atoms with Gasteiger partial charge in [-0.15, -0.1) is 0 Å². The maximum atomic E-state index is 10.1. The van der Waals surface area contributed by atoms with Crippen LogP contribution in [0.5, 0.6) is 0 Å². The summed E-state index contributed by atoms with van der Waals surface area (Å²) < 4.78 is 5.23. The number of carbonyl (C=O) groups excluding carboxylic acids is 1. The summed E-state index contributed by atoms with van der Waals surface area (Å²) in [6, 6.07) is 0. The van der Waals surface area contributed by atoms with E-state index < -0.39 is 0 Å². The van der Waals surface area contributed by atoms with Crippen LogP contribution in [-0.2, 0) is 9.32 Å². The van der Waals surface area contributed by atoms with Gasteiger partial charge >= 0.3 is 0 Å². The van der Waals surface area contributed by atoms with Crippen molar-refractivity contribution in [3.63, 3.8) is 0 Å². The van der Waals surface area contributed by atoms with Gasteiger partial charge in [0.1, 0.15) is 12.4 Å². The van der Waals surface area contributed by atoms with Gasteiger partial charge in [0, 0.05) is 15.9 Å². The normalized spacial score (nSPS) is 12.1. The number of hydrogen-bond acceptors (Lipinski definition) is 2. The van der Waals surface area contributed by atoms with Crippen molar-refractivity contribution in [2.24, 2.45) is 0 Å². The molecule has 0 rings (SSSR count). The van der Waals surface area contributed by atoms with Crippen LogP contribution in [0.2, 0.25) is 0 Å². The van der Waals surface area contributed by atoms with Crippen molar-refractivity contribution in [2.75, 3.05) is 0 Å². The van der Waals surface area contributed by atoms with Gasteiger partial charge in [-0.1, -0.05) is 37.7 Å². The van der Waals surface area contributed by atoms with Crippen molar-refractivity contribution >= 4 is 15.8 Å². The zero-order chi connectivity index (χ0) is 13.5. The third-order valence-corrected chi connectivity index (χ3v) is 2.95. The van der Waals surface area contributed by atoms with Crippen molar-refractivity contribution in [2.45, 2.75) is 64.4 Å². The maximum absolute atomic E-state index is 10.1. The van der Waals surface area contributed by atoms with E-state index in [1.807, 2.05) is 6.08 Å². The van der Waals surface area contributed by atoms with Crippen LogP contribution >= 0.6 is 9.47 Å². The Morgan fingerprint density at radius 3 is 2.67 bits per heavy atom. The lowest BCUT2D eigenvalue weighted by atomic mass is 10.1. The highest BCUT2D eigenvalue weighted by Crippen LogP contribution is 2.08. The smallest absolute Gasteiger partial charge is 0.122 e. The van der Waals surface area contributed by atoms with Gasteiger partial charge in [0.25, 0.3) is 0 Å². The van der Waals surface area contributed by atoms with Crippen molar-refractivity contribution in [1.29, 1.82) is 0 Å². The van der Waals surface area contributed by atoms with Crippen LogP contribution in [0, 0.1) is 11.8 Å². The number of rotatable bonds is 10. The summed E-state index contributed by atoms with van der Waals surface area (Å²) >= 11 is 0. The van der Waals surface area contributed by atoms with E-state index in [2.05, 4.69) is 34.3 Å². The number of unbranched alkanes of at least 4 members (excludes halogenated alkanes) is 5. The minimum Gasteiger partial charge on any atom is -0.350 e. The highest BCUT2D eigenvalue weighted by molar-refractivity contribution is 7.09. The van der Waals surface area contributed by atoms with Crippen molar-refractivity contribution < 1.29 is 9.32 Å². The lowest BCUT2D eigenvalue weighted by molar-refractivity contribution is -0.107. The standard InChI is InChI=1S/C15H25O2P/c1-2-3-9-12-15(17-18)13-10-7-5-4-6-8-11-14-16/h5,7,14-15H,2-4,6,8-9,11-12,18H2,1H3/b7-5-. The first-order chi connectivity index (χ1) is 8.85. The van der Waals surface area contributed by atoms with Crippen LogP contribution in [0.3, 0.4) is 0 Å². The zero-order valence-electron chi connectivity index (χ0n) is 11.4. The SMILES string of the molecule is CCCCCC(C#C/C=C\CCCCC=O)OP. The zero-order valence-corrected chi connectivity index (χ0v) is 12.5. The Balaban J connectivity index is 3.69. The van der Waals surface area contributed by atoms with E-state index in [-0.39, 0.29) is 6.10 Å². The first-order valence-electron chi connectivity index (χ1n) is 6.80. The average molecular weight is 268 g/mol. The summed E-state index contributed by atoms with van der Waals surface area (Å²) in [6.07, 6.45) is 13.2. The molecular formula is C15H25O2P. The quantitative estimate of drug-likeness (QED) is 0.258. The molecule has 0 aromatic carbocycles. The van der Waals surface area contributed by atoms with Gasteiger partial charge in [-0.25, -0.2) is 0 Å². The summed E-state index contributed by atoms with van der Waals surface area (Å²) in [5, 5.41) is 0. The molecule has 0 saturated heterocycles. The highest BCUT2D eigenvalue weighted by atomic mass is 31.0. The molecule has 0 aromatic heterocycles. The molecule has 0 heterocycles. The van der Waals surface area contributed by atoms with Gasteiger partial charge < -0.3 is 9.32 Å². The topological polar surface area (TPSA) is 26.3 Å². The molecule has 18 heavy (non-hydrogen) atoms. The molecule has 0 aliphatic heterocycles. The van der Waals surface area contributed by atoms with E-state index in [1.165, 1.54) is 19.3 Å². The molecule has 0 aliphatic rings. The maximum Gasteiger partial charge on any atom is 0.122 e. The minimum atomic E-state index is 0.0289. The van der Waals surface area contributed by atoms with E-state index in [1.54, 1.807) is 0 Å². The second-order valence-corrected chi connectivity index (χ2v) is 4.53. The summed E-state index contributed by atoms with van der Waals surface area (Å²) in [6.45, 7) is 2.19. The molecule has 3 heteroatoms. The Labute approximate surface area is 114 Å². The second kappa shape index (κ2) is 14.4. The van der Waals surface area contributed by atoms with Crippen molar-refractivity contribution in [3.05, 3.63) is 12.2 Å². The van der Waals surface area contributed by atoms with Crippen LogP contribution in [0.1, 0.15) is 58.3 Å². The van der Waals surface area contributed by atoms with Crippen LogP contribution in [0.25, 0.3) is 0 Å². The van der Waals surface area contributed by atoms with E-state index in [9.17, 15) is 4.79 Å². The van der Waals surface area contributed by atoms with Crippen LogP contribution < -0.4 is 0 Å². The van der Waals surface area contributed by atoms with Crippen molar-refractivity contribution in [3.8, 4) is 11.8 Å². The number of allylic oxidation sites excluding steroid dienone is 2. The third-order valence-electron chi connectivity index (χ3n) is 2.62. The molecule has 0 amide bonds. The van der Waals surface area contributed by atoms with Gasteiger partial charge in [-0.3, -0.25) is 0 Å². The summed E-state index contributed by atoms with van der Waals surface area (Å²) in [4.78, 5) is 10.1. The molecule has 2 unspecified atom stereocenters. The number of hydrogen-bond donors (Lipinski definition) is 0. The Bertz CT molecular complexity index is 276. The molecular weight excluding hydrogens is 243 g/mol. The third kappa shape index (κ3) is 11.8. The fraction of sp³-hybridized carbons (Fsp3) is 0.667. The largest absolute Gasteiger partial charge is 0.350 e. The Morgan fingerprint density at radius 2 is 2.00 bits per heavy atom. The Hall–Kier alpha value is -0.640. The molecule has 0 N–H and O–H groups in total. The van der Waals surface area contributed by atoms with Gasteiger partial charge in [0.2, 0.25) is 0 Å². The lowest BCUT2D eigenvalue weighted by Crippen LogP contribution is -2.03. The average Bonchev–Trinajstić information content (AvgIpc) is 2.40. The van der Waals surface area contributed by atoms with E-state index in [0.717, 1.165) is 32.0 Å². The first-order valence-corrected chi connectivity index (χ1v) is 7.27. The van der Waals surface area contributed by atoms with Crippen LogP contribution in [0.15, 0.2) is 12.2 Å². The molecule has 0 aromatic rings. The first kappa shape index (κ1) is 17.4. The van der Waals surface area contributed by atoms with E-state index in [4.69, 9.17) is 4.52 Å². The minimum absolute atomic E-state index is 0.0289. The van der Waals surface area contributed by atoms with E-state index >= 15 is 0 Å². The fourth-order valence-electron chi connectivity index (χ4n) is 1.53. The molecule has 102 valence electrons. The predicted octanol–water partition coefficient (Wildman–Crippen LogP) is 4.06. The second-order valence-electron chi connectivity index (χ2n) is 4.26. The molecule has 0 bridgehead atoms. The number of carbonyl (C=O) groups is 1. The Kier molecular flexibility index (Phi) is 13.9. The molecule has 0 fully saturated rings. The van der Waals surface area contributed by atoms with Gasteiger partial charge in [-0.2, -0.15) is 0 Å². The molecule has 2 nitrogen and oxygen atoms in total. The van der Waals surface area contributed by atoms with Crippen LogP contribution in [0.4, 0.5) is 0 Å². The summed E-state index contributed by atoms with van der Waals surface area (Å²) in [5.41, 5.74) is 0. The monoisotopic (exact) mass is 268 g/mol. The van der Waals surface area contributed by atoms with Crippen molar-refractivity contribution in [1.82, 2.24) is 0 Å². The number of aldehydes is 1. The Morgan fingerprint density at radius 1 is 1.22 bits per heavy atom. The molecule has 0 spiro atoms. The fourth-order valence-corrected chi connectivity index (χ4v) is 1.73. The molecule has 0 saturated carbocycles. The molecule has 2 atom stereocenters. The van der Waals surface area contributed by atoms with Gasteiger partial charge in [-0.05, 0) is 38.2 Å². The predicted molar refractivity (Wildman–Crippen MR) is 80.2 cm³/mol. The summed E-state index contributed by atoms with van der Waals surface area (Å²) in [7, 11) is 2.30. The molecule has 0 radical (unpaired) electrons. The molecule has 0 aliphatic carbocycles. The lowest BCUT2D eigenvalue weighted by Gasteiger charge is -2.06. The van der Waals surface area contributed by atoms with Gasteiger partial charge in [0.15, 0.2) is 0 Å². The van der Waals surface area contributed by atoms with Crippen LogP contribution in [-0.4, -0.2) is 12.4 Å². The van der Waals surface area contributed by atoms with E-state index in [0.29, 0.717) is 6.42 Å². The highest BCUT2D eigenvalue weighted by Gasteiger charge is 2.00. The van der Waals surface area contributed by atoms with Gasteiger partial charge in [0.05, 0.1) is 0 Å². The summed E-state index contributed by atoms with van der Waals surface area (Å²) in [5.74, 6) is 6.11.